The van der Waals surface area contributed by atoms with Crippen molar-refractivity contribution in [1.29, 1.82) is 0 Å². The van der Waals surface area contributed by atoms with Crippen molar-refractivity contribution in [1.82, 2.24) is 10.2 Å². The lowest BCUT2D eigenvalue weighted by atomic mass is 9.89. The molecule has 2 rings (SSSR count). The van der Waals surface area contributed by atoms with E-state index in [1.165, 1.54) is 32.2 Å². The van der Waals surface area contributed by atoms with Crippen LogP contribution in [0.5, 0.6) is 0 Å². The third-order valence-corrected chi connectivity index (χ3v) is 4.16. The Morgan fingerprint density at radius 2 is 2.12 bits per heavy atom. The van der Waals surface area contributed by atoms with Crippen LogP contribution in [-0.2, 0) is 4.74 Å². The van der Waals surface area contributed by atoms with E-state index in [4.69, 9.17) is 4.74 Å². The molecule has 0 radical (unpaired) electrons. The van der Waals surface area contributed by atoms with Gasteiger partial charge in [0.05, 0.1) is 6.61 Å². The summed E-state index contributed by atoms with van der Waals surface area (Å²) in [7, 11) is 2.28. The minimum absolute atomic E-state index is 0.668. The number of rotatable bonds is 5. The van der Waals surface area contributed by atoms with E-state index in [0.717, 1.165) is 25.8 Å². The molecule has 3 nitrogen and oxygen atoms in total. The first kappa shape index (κ1) is 12.3. The van der Waals surface area contributed by atoms with Gasteiger partial charge in [-0.05, 0) is 32.9 Å². The van der Waals surface area contributed by atoms with Gasteiger partial charge in [0, 0.05) is 31.2 Å². The summed E-state index contributed by atoms with van der Waals surface area (Å²) in [4.78, 5) is 2.55. The van der Waals surface area contributed by atoms with Crippen LogP contribution in [0.2, 0.25) is 0 Å². The maximum Gasteiger partial charge on any atom is 0.0521 e. The highest BCUT2D eigenvalue weighted by atomic mass is 16.5. The summed E-state index contributed by atoms with van der Waals surface area (Å²) < 4.78 is 5.62. The molecule has 16 heavy (non-hydrogen) atoms. The van der Waals surface area contributed by atoms with Gasteiger partial charge in [-0.2, -0.15) is 0 Å². The minimum Gasteiger partial charge on any atom is -0.381 e. The largest absolute Gasteiger partial charge is 0.381 e. The maximum absolute atomic E-state index is 5.62. The van der Waals surface area contributed by atoms with E-state index in [1.54, 1.807) is 0 Å². The van der Waals surface area contributed by atoms with Crippen molar-refractivity contribution in [2.45, 2.75) is 44.7 Å². The normalized spacial score (nSPS) is 31.7. The molecule has 1 aliphatic heterocycles. The molecule has 1 heterocycles. The van der Waals surface area contributed by atoms with Crippen LogP contribution in [0, 0.1) is 5.92 Å². The van der Waals surface area contributed by atoms with Gasteiger partial charge < -0.3 is 15.0 Å². The Morgan fingerprint density at radius 3 is 2.75 bits per heavy atom. The van der Waals surface area contributed by atoms with Crippen LogP contribution in [0.4, 0.5) is 0 Å². The Morgan fingerprint density at radius 1 is 1.31 bits per heavy atom. The van der Waals surface area contributed by atoms with Crippen molar-refractivity contribution >= 4 is 0 Å². The summed E-state index contributed by atoms with van der Waals surface area (Å²) in [6.07, 6.45) is 5.40. The van der Waals surface area contributed by atoms with Crippen molar-refractivity contribution in [2.24, 2.45) is 5.92 Å². The minimum atomic E-state index is 0.668. The second-order valence-corrected chi connectivity index (χ2v) is 5.31. The molecule has 0 aromatic carbocycles. The summed E-state index contributed by atoms with van der Waals surface area (Å²) in [6.45, 7) is 6.34. The smallest absolute Gasteiger partial charge is 0.0521 e. The van der Waals surface area contributed by atoms with E-state index in [1.807, 2.05) is 0 Å². The zero-order chi connectivity index (χ0) is 11.4. The zero-order valence-corrected chi connectivity index (χ0v) is 10.7. The third-order valence-electron chi connectivity index (χ3n) is 4.16. The predicted octanol–water partition coefficient (Wildman–Crippen LogP) is 1.49. The Balaban J connectivity index is 1.80. The lowest BCUT2D eigenvalue weighted by Crippen LogP contribution is -2.49. The first-order valence-electron chi connectivity index (χ1n) is 6.82. The Bertz CT molecular complexity index is 204. The van der Waals surface area contributed by atoms with Crippen LogP contribution < -0.4 is 5.32 Å². The fourth-order valence-electron chi connectivity index (χ4n) is 2.85. The average molecular weight is 226 g/mol. The van der Waals surface area contributed by atoms with Crippen molar-refractivity contribution in [3.63, 3.8) is 0 Å². The summed E-state index contributed by atoms with van der Waals surface area (Å²) in [5.74, 6) is 0.680. The Kier molecular flexibility index (Phi) is 4.62. The van der Waals surface area contributed by atoms with Crippen molar-refractivity contribution < 1.29 is 4.74 Å². The number of hydrogen-bond acceptors (Lipinski definition) is 3. The van der Waals surface area contributed by atoms with Crippen LogP contribution in [0.3, 0.4) is 0 Å². The summed E-state index contributed by atoms with van der Waals surface area (Å²) in [5, 5.41) is 3.61. The Labute approximate surface area is 99.5 Å². The van der Waals surface area contributed by atoms with Gasteiger partial charge in [-0.1, -0.05) is 13.3 Å². The van der Waals surface area contributed by atoms with Gasteiger partial charge in [-0.25, -0.2) is 0 Å². The SMILES string of the molecule is CCNC1CCOCC1CN(C)C1CCC1. The zero-order valence-electron chi connectivity index (χ0n) is 10.7. The molecule has 1 saturated carbocycles. The number of hydrogen-bond donors (Lipinski definition) is 1. The lowest BCUT2D eigenvalue weighted by molar-refractivity contribution is 0.00904. The molecule has 0 aromatic heterocycles. The molecule has 2 unspecified atom stereocenters. The van der Waals surface area contributed by atoms with E-state index < -0.39 is 0 Å². The molecule has 2 fully saturated rings. The molecule has 2 aliphatic rings. The van der Waals surface area contributed by atoms with Gasteiger partial charge in [0.15, 0.2) is 0 Å². The molecule has 0 bridgehead atoms. The molecule has 3 heteroatoms. The fraction of sp³-hybridized carbons (Fsp3) is 1.00. The molecular formula is C13H26N2O. The van der Waals surface area contributed by atoms with Gasteiger partial charge in [0.25, 0.3) is 0 Å². The first-order chi connectivity index (χ1) is 7.81. The van der Waals surface area contributed by atoms with Crippen molar-refractivity contribution in [3.05, 3.63) is 0 Å². The monoisotopic (exact) mass is 226 g/mol. The molecule has 0 aromatic rings. The quantitative estimate of drug-likeness (QED) is 0.768. The van der Waals surface area contributed by atoms with Crippen molar-refractivity contribution in [2.75, 3.05) is 33.4 Å². The average Bonchev–Trinajstić information content (AvgIpc) is 2.18. The summed E-state index contributed by atoms with van der Waals surface area (Å²) >= 11 is 0. The van der Waals surface area contributed by atoms with Crippen LogP contribution in [0.1, 0.15) is 32.6 Å². The maximum atomic E-state index is 5.62. The molecule has 0 amide bonds. The van der Waals surface area contributed by atoms with E-state index in [0.29, 0.717) is 12.0 Å². The third kappa shape index (κ3) is 2.96. The molecule has 1 N–H and O–H groups in total. The van der Waals surface area contributed by atoms with E-state index in [2.05, 4.69) is 24.2 Å². The molecule has 94 valence electrons. The highest BCUT2D eigenvalue weighted by Gasteiger charge is 2.29. The Hall–Kier alpha value is -0.120. The first-order valence-corrected chi connectivity index (χ1v) is 6.82. The lowest BCUT2D eigenvalue weighted by Gasteiger charge is -2.40. The van der Waals surface area contributed by atoms with E-state index >= 15 is 0 Å². The van der Waals surface area contributed by atoms with Gasteiger partial charge >= 0.3 is 0 Å². The van der Waals surface area contributed by atoms with Crippen LogP contribution >= 0.6 is 0 Å². The standard InChI is InChI=1S/C13H26N2O/c1-3-14-13-7-8-16-10-11(13)9-15(2)12-5-4-6-12/h11-14H,3-10H2,1-2H3. The predicted molar refractivity (Wildman–Crippen MR) is 66.7 cm³/mol. The summed E-state index contributed by atoms with van der Waals surface area (Å²) in [6, 6.07) is 1.52. The van der Waals surface area contributed by atoms with Crippen LogP contribution in [-0.4, -0.2) is 50.3 Å². The van der Waals surface area contributed by atoms with Gasteiger partial charge in [-0.15, -0.1) is 0 Å². The molecule has 1 saturated heterocycles. The van der Waals surface area contributed by atoms with Gasteiger partial charge in [0.1, 0.15) is 0 Å². The van der Waals surface area contributed by atoms with E-state index in [-0.39, 0.29) is 0 Å². The number of ether oxygens (including phenoxy) is 1. The van der Waals surface area contributed by atoms with E-state index in [9.17, 15) is 0 Å². The second kappa shape index (κ2) is 5.99. The molecule has 2 atom stereocenters. The van der Waals surface area contributed by atoms with Crippen LogP contribution in [0.15, 0.2) is 0 Å². The molecule has 0 spiro atoms. The second-order valence-electron chi connectivity index (χ2n) is 5.31. The molecular weight excluding hydrogens is 200 g/mol. The fourth-order valence-corrected chi connectivity index (χ4v) is 2.85. The highest BCUT2D eigenvalue weighted by Crippen LogP contribution is 2.25. The van der Waals surface area contributed by atoms with Crippen molar-refractivity contribution in [3.8, 4) is 0 Å². The number of nitrogens with one attached hydrogen (secondary N) is 1. The topological polar surface area (TPSA) is 24.5 Å². The van der Waals surface area contributed by atoms with Crippen LogP contribution in [0.25, 0.3) is 0 Å². The summed E-state index contributed by atoms with van der Waals surface area (Å²) in [5.41, 5.74) is 0. The van der Waals surface area contributed by atoms with Gasteiger partial charge in [-0.3, -0.25) is 0 Å². The molecule has 1 aliphatic carbocycles. The van der Waals surface area contributed by atoms with Gasteiger partial charge in [0.2, 0.25) is 0 Å². The number of nitrogens with zero attached hydrogens (tertiary/aromatic N) is 1. The highest BCUT2D eigenvalue weighted by molar-refractivity contribution is 4.85.